The van der Waals surface area contributed by atoms with E-state index in [1.807, 2.05) is 60.7 Å². The number of ketones is 1. The lowest BCUT2D eigenvalue weighted by Gasteiger charge is -2.19. The molecule has 3 N–H and O–H groups in total. The summed E-state index contributed by atoms with van der Waals surface area (Å²) in [5.74, 6) is -1.49. The van der Waals surface area contributed by atoms with Crippen LogP contribution in [0.3, 0.4) is 0 Å². The number of rotatable bonds is 11. The van der Waals surface area contributed by atoms with Crippen LogP contribution in [-0.2, 0) is 27.4 Å². The molecule has 0 aliphatic heterocycles. The van der Waals surface area contributed by atoms with Crippen molar-refractivity contribution in [3.05, 3.63) is 130 Å². The van der Waals surface area contributed by atoms with Gasteiger partial charge in [0.25, 0.3) is 0 Å². The van der Waals surface area contributed by atoms with E-state index in [1.165, 1.54) is 6.20 Å². The Bertz CT molecular complexity index is 1500. The fourth-order valence-corrected chi connectivity index (χ4v) is 4.26. The van der Waals surface area contributed by atoms with Crippen LogP contribution < -0.4 is 16.0 Å². The van der Waals surface area contributed by atoms with Gasteiger partial charge >= 0.3 is 6.09 Å². The molecule has 3 aromatic carbocycles. The molecule has 0 aliphatic rings. The van der Waals surface area contributed by atoms with Crippen molar-refractivity contribution in [2.24, 2.45) is 0 Å². The minimum absolute atomic E-state index is 0.0432. The zero-order valence-corrected chi connectivity index (χ0v) is 23.5. The lowest BCUT2D eigenvalue weighted by molar-refractivity contribution is -0.125. The molecule has 4 aromatic rings. The van der Waals surface area contributed by atoms with E-state index < -0.39 is 30.5 Å². The predicted octanol–water partition coefficient (Wildman–Crippen LogP) is 4.67. The molecule has 0 bridgehead atoms. The average Bonchev–Trinajstić information content (AvgIpc) is 3.00. The van der Waals surface area contributed by atoms with Gasteiger partial charge in [-0.15, -0.1) is 0 Å². The molecule has 0 saturated carbocycles. The quantitative estimate of drug-likeness (QED) is 0.211. The molecule has 9 nitrogen and oxygen atoms in total. The number of amides is 3. The van der Waals surface area contributed by atoms with Gasteiger partial charge in [0.1, 0.15) is 18.3 Å². The fraction of sp³-hybridized carbons (Fsp3) is 0.129. The first-order valence-electron chi connectivity index (χ1n) is 12.7. The first kappa shape index (κ1) is 29.2. The predicted molar refractivity (Wildman–Crippen MR) is 157 cm³/mol. The van der Waals surface area contributed by atoms with E-state index in [9.17, 15) is 19.2 Å². The van der Waals surface area contributed by atoms with Crippen molar-refractivity contribution in [1.29, 1.82) is 0 Å². The van der Waals surface area contributed by atoms with E-state index >= 15 is 0 Å². The van der Waals surface area contributed by atoms with Crippen LogP contribution in [0.4, 0.5) is 10.5 Å². The van der Waals surface area contributed by atoms with Gasteiger partial charge < -0.3 is 20.7 Å². The highest BCUT2D eigenvalue weighted by Gasteiger charge is 2.23. The third-order valence-corrected chi connectivity index (χ3v) is 6.42. The lowest BCUT2D eigenvalue weighted by Crippen LogP contribution is -2.49. The van der Waals surface area contributed by atoms with Crippen molar-refractivity contribution in [3.8, 4) is 0 Å². The Morgan fingerprint density at radius 1 is 0.829 bits per heavy atom. The third-order valence-electron chi connectivity index (χ3n) is 5.93. The molecule has 0 radical (unpaired) electrons. The van der Waals surface area contributed by atoms with E-state index in [-0.39, 0.29) is 35.8 Å². The summed E-state index contributed by atoms with van der Waals surface area (Å²) < 4.78 is 5.93. The van der Waals surface area contributed by atoms with E-state index in [0.717, 1.165) is 11.1 Å². The molecule has 3 amide bonds. The highest BCUT2D eigenvalue weighted by molar-refractivity contribution is 9.10. The number of pyridine rings is 1. The average molecular weight is 615 g/mol. The van der Waals surface area contributed by atoms with Crippen molar-refractivity contribution >= 4 is 45.3 Å². The molecule has 41 heavy (non-hydrogen) atoms. The summed E-state index contributed by atoms with van der Waals surface area (Å²) in [7, 11) is 0. The number of anilines is 1. The summed E-state index contributed by atoms with van der Waals surface area (Å²) in [5.41, 5.74) is 2.35. The molecular formula is C31H27BrN4O5. The first-order valence-corrected chi connectivity index (χ1v) is 13.5. The Kier molecular flexibility index (Phi) is 10.3. The molecule has 0 fully saturated rings. The number of aromatic nitrogens is 1. The Morgan fingerprint density at radius 3 is 2.20 bits per heavy atom. The molecule has 0 spiro atoms. The second-order valence-corrected chi connectivity index (χ2v) is 9.86. The molecule has 0 aliphatic carbocycles. The number of alkyl carbamates (subject to hydrolysis) is 1. The summed E-state index contributed by atoms with van der Waals surface area (Å²) in [5, 5.41) is 7.84. The summed E-state index contributed by atoms with van der Waals surface area (Å²) >= 11 is 3.35. The number of nitrogens with zero attached hydrogens (tertiary/aromatic N) is 1. The van der Waals surface area contributed by atoms with Crippen LogP contribution >= 0.6 is 15.9 Å². The molecule has 208 valence electrons. The topological polar surface area (TPSA) is 126 Å². The smallest absolute Gasteiger partial charge is 0.408 e. The minimum Gasteiger partial charge on any atom is -0.445 e. The monoisotopic (exact) mass is 614 g/mol. The van der Waals surface area contributed by atoms with E-state index in [0.29, 0.717) is 4.47 Å². The summed E-state index contributed by atoms with van der Waals surface area (Å²) in [6.45, 7) is -0.348. The largest absolute Gasteiger partial charge is 0.445 e. The first-order chi connectivity index (χ1) is 19.9. The maximum atomic E-state index is 13.1. The van der Waals surface area contributed by atoms with Crippen LogP contribution in [0.15, 0.2) is 108 Å². The van der Waals surface area contributed by atoms with Gasteiger partial charge in [0, 0.05) is 22.7 Å². The van der Waals surface area contributed by atoms with Crippen molar-refractivity contribution in [3.63, 3.8) is 0 Å². The van der Waals surface area contributed by atoms with Gasteiger partial charge in [0.2, 0.25) is 17.6 Å². The molecule has 1 heterocycles. The van der Waals surface area contributed by atoms with Crippen LogP contribution in [-0.4, -0.2) is 41.3 Å². The Hall–Kier alpha value is -4.83. The maximum Gasteiger partial charge on any atom is 0.408 e. The number of benzene rings is 3. The van der Waals surface area contributed by atoms with Crippen LogP contribution in [0.25, 0.3) is 0 Å². The van der Waals surface area contributed by atoms with E-state index in [2.05, 4.69) is 36.9 Å². The van der Waals surface area contributed by atoms with Crippen molar-refractivity contribution in [2.75, 3.05) is 11.9 Å². The Balaban J connectivity index is 1.39. The fourth-order valence-electron chi connectivity index (χ4n) is 3.90. The highest BCUT2D eigenvalue weighted by atomic mass is 79.9. The van der Waals surface area contributed by atoms with Gasteiger partial charge in [0.05, 0.1) is 12.2 Å². The maximum absolute atomic E-state index is 13.1. The van der Waals surface area contributed by atoms with Crippen molar-refractivity contribution < 1.29 is 23.9 Å². The van der Waals surface area contributed by atoms with Gasteiger partial charge in [-0.25, -0.2) is 4.79 Å². The Morgan fingerprint density at radius 2 is 1.51 bits per heavy atom. The molecule has 4 rings (SSSR count). The van der Waals surface area contributed by atoms with Crippen LogP contribution in [0.5, 0.6) is 0 Å². The van der Waals surface area contributed by atoms with Crippen LogP contribution in [0.2, 0.25) is 0 Å². The molecule has 0 unspecified atom stereocenters. The van der Waals surface area contributed by atoms with Gasteiger partial charge in [-0.1, -0.05) is 82.7 Å². The zero-order valence-electron chi connectivity index (χ0n) is 21.9. The second kappa shape index (κ2) is 14.5. The molecule has 0 saturated heterocycles. The van der Waals surface area contributed by atoms with Gasteiger partial charge in [-0.2, -0.15) is 0 Å². The van der Waals surface area contributed by atoms with Crippen LogP contribution in [0.1, 0.15) is 27.2 Å². The number of carbonyl (C=O) groups is 4. The second-order valence-electron chi connectivity index (χ2n) is 8.95. The number of carbonyl (C=O) groups excluding carboxylic acids is 4. The van der Waals surface area contributed by atoms with Crippen molar-refractivity contribution in [1.82, 2.24) is 15.6 Å². The van der Waals surface area contributed by atoms with E-state index in [1.54, 1.807) is 36.4 Å². The van der Waals surface area contributed by atoms with Crippen molar-refractivity contribution in [2.45, 2.75) is 19.1 Å². The molecule has 10 heteroatoms. The zero-order chi connectivity index (χ0) is 29.0. The molecule has 1 atom stereocenters. The molecular weight excluding hydrogens is 588 g/mol. The summed E-state index contributed by atoms with van der Waals surface area (Å²) in [6, 6.07) is 27.2. The van der Waals surface area contributed by atoms with Gasteiger partial charge in [-0.05, 0) is 41.5 Å². The number of hydrogen-bond acceptors (Lipinski definition) is 6. The van der Waals surface area contributed by atoms with Gasteiger partial charge in [-0.3, -0.25) is 19.4 Å². The summed E-state index contributed by atoms with van der Waals surface area (Å²) in [4.78, 5) is 55.5. The number of hydrogen-bond donors (Lipinski definition) is 3. The molecule has 1 aromatic heterocycles. The van der Waals surface area contributed by atoms with Gasteiger partial charge in [0.15, 0.2) is 0 Å². The Labute approximate surface area is 245 Å². The lowest BCUT2D eigenvalue weighted by atomic mass is 10.1. The number of ether oxygens (including phenoxy) is 1. The minimum atomic E-state index is -0.998. The highest BCUT2D eigenvalue weighted by Crippen LogP contribution is 2.23. The third kappa shape index (κ3) is 8.84. The van der Waals surface area contributed by atoms with Crippen LogP contribution in [0, 0.1) is 0 Å². The normalized spacial score (nSPS) is 11.1. The number of nitrogens with one attached hydrogen (secondary N) is 3. The summed E-state index contributed by atoms with van der Waals surface area (Å²) in [6.07, 6.45) is 0.933. The number of halogens is 1. The SMILES string of the molecule is O=C(CNC(=O)[C@H](Cc1ccccc1)NC(=O)OCc1ccccc1)Nc1ccc(Br)cc1C(=O)c1ccccn1. The standard InChI is InChI=1S/C31H27BrN4O5/c32-23-14-15-25(24(18-23)29(38)26-13-7-8-16-33-26)35-28(37)19-34-30(39)27(17-21-9-3-1-4-10-21)36-31(40)41-20-22-11-5-2-6-12-22/h1-16,18,27H,17,19-20H2,(H,34,39)(H,35,37)(H,36,40)/t27-/m0/s1. The van der Waals surface area contributed by atoms with E-state index in [4.69, 9.17) is 4.74 Å².